The van der Waals surface area contributed by atoms with Crippen molar-refractivity contribution in [2.45, 2.75) is 29.2 Å². The van der Waals surface area contributed by atoms with Gasteiger partial charge in [-0.15, -0.1) is 0 Å². The summed E-state index contributed by atoms with van der Waals surface area (Å²) < 4.78 is 60.8. The average Bonchev–Trinajstić information content (AvgIpc) is 2.99. The van der Waals surface area contributed by atoms with Crippen molar-refractivity contribution < 1.29 is 26.4 Å². The third-order valence-electron chi connectivity index (χ3n) is 7.13. The number of allylic oxidation sites excluding steroid dienone is 2. The van der Waals surface area contributed by atoms with Gasteiger partial charge in [-0.05, 0) is 43.3 Å². The summed E-state index contributed by atoms with van der Waals surface area (Å²) in [5.41, 5.74) is 1.82. The molecule has 41 heavy (non-hydrogen) atoms. The molecule has 1 N–H and O–H groups in total. The van der Waals surface area contributed by atoms with Crippen molar-refractivity contribution in [2.75, 3.05) is 26.0 Å². The first-order chi connectivity index (χ1) is 19.5. The van der Waals surface area contributed by atoms with Crippen molar-refractivity contribution in [1.82, 2.24) is 10.2 Å². The monoisotopic (exact) mass is 612 g/mol. The third-order valence-corrected chi connectivity index (χ3v) is 11.3. The number of rotatable bonds is 7. The van der Waals surface area contributed by atoms with Gasteiger partial charge in [0.2, 0.25) is 9.84 Å². The Hall–Kier alpha value is -3.44. The topological polar surface area (TPSA) is 110 Å². The molecule has 2 aliphatic heterocycles. The molecule has 2 aliphatic rings. The maximum Gasteiger partial charge on any atom is 0.336 e. The number of hydrogen-bond donors (Lipinski definition) is 1. The molecule has 0 radical (unpaired) electrons. The number of ether oxygens (including phenoxy) is 1. The lowest BCUT2D eigenvalue weighted by Gasteiger charge is -2.31. The number of dihydropyridines is 1. The van der Waals surface area contributed by atoms with Gasteiger partial charge in [0.1, 0.15) is 6.61 Å². The number of likely N-dealkylation sites (N-methyl/N-ethyl adjacent to an activating group) is 1. The number of benzene rings is 3. The molecular weight excluding hydrogens is 584 g/mol. The Morgan fingerprint density at radius 3 is 2.29 bits per heavy atom. The molecule has 3 aromatic carbocycles. The number of carbonyl (C=O) groups is 1. The summed E-state index contributed by atoms with van der Waals surface area (Å²) in [7, 11) is -6.51. The first-order valence-electron chi connectivity index (χ1n) is 12.9. The molecule has 0 fully saturated rings. The Morgan fingerprint density at radius 2 is 1.59 bits per heavy atom. The minimum absolute atomic E-state index is 0.0113. The number of carbonyl (C=O) groups excluding carboxylic acids is 1. The van der Waals surface area contributed by atoms with Crippen molar-refractivity contribution >= 4 is 37.2 Å². The minimum atomic E-state index is -4.39. The van der Waals surface area contributed by atoms with Crippen LogP contribution in [0.15, 0.2) is 111 Å². The minimum Gasteiger partial charge on any atom is -0.461 e. The zero-order chi connectivity index (χ0) is 29.4. The quantitative estimate of drug-likeness (QED) is 0.390. The molecule has 0 spiro atoms. The van der Waals surface area contributed by atoms with Gasteiger partial charge in [0.25, 0.3) is 0 Å². The first kappa shape index (κ1) is 29.1. The Morgan fingerprint density at radius 1 is 0.951 bits per heavy atom. The zero-order valence-electron chi connectivity index (χ0n) is 22.5. The lowest BCUT2D eigenvalue weighted by atomic mass is 9.86. The van der Waals surface area contributed by atoms with E-state index in [1.54, 1.807) is 31.2 Å². The highest BCUT2D eigenvalue weighted by molar-refractivity contribution is 7.97. The van der Waals surface area contributed by atoms with Gasteiger partial charge >= 0.3 is 5.97 Å². The van der Waals surface area contributed by atoms with Gasteiger partial charge in [-0.1, -0.05) is 72.3 Å². The molecule has 1 atom stereocenters. The maximum atomic E-state index is 14.2. The highest BCUT2D eigenvalue weighted by Gasteiger charge is 2.46. The SMILES string of the molecule is CC1=C(C(=O)OCCN(C)Cc2ccccc2)C(c2ccccc2Cl)C2=C(CS(=O)(=O)c3ccccc3S2(=O)=O)N1. The molecule has 0 bridgehead atoms. The predicted molar refractivity (Wildman–Crippen MR) is 156 cm³/mol. The molecule has 0 amide bonds. The molecule has 2 heterocycles. The van der Waals surface area contributed by atoms with Crippen LogP contribution in [0.4, 0.5) is 0 Å². The predicted octanol–water partition coefficient (Wildman–Crippen LogP) is 4.45. The molecule has 1 unspecified atom stereocenters. The van der Waals surface area contributed by atoms with Gasteiger partial charge in [-0.25, -0.2) is 21.6 Å². The van der Waals surface area contributed by atoms with Gasteiger partial charge in [0, 0.05) is 29.5 Å². The van der Waals surface area contributed by atoms with Crippen LogP contribution >= 0.6 is 11.6 Å². The van der Waals surface area contributed by atoms with Gasteiger partial charge in [-0.3, -0.25) is 4.90 Å². The molecule has 0 aromatic heterocycles. The fraction of sp³-hybridized carbons (Fsp3) is 0.233. The van der Waals surface area contributed by atoms with Crippen LogP contribution in [0.25, 0.3) is 0 Å². The van der Waals surface area contributed by atoms with E-state index in [1.807, 2.05) is 42.3 Å². The number of esters is 1. The lowest BCUT2D eigenvalue weighted by Crippen LogP contribution is -2.34. The molecule has 0 saturated carbocycles. The highest BCUT2D eigenvalue weighted by atomic mass is 35.5. The van der Waals surface area contributed by atoms with Crippen LogP contribution in [0.1, 0.15) is 24.0 Å². The smallest absolute Gasteiger partial charge is 0.336 e. The van der Waals surface area contributed by atoms with Crippen molar-refractivity contribution in [2.24, 2.45) is 0 Å². The number of nitrogens with one attached hydrogen (secondary N) is 1. The summed E-state index contributed by atoms with van der Waals surface area (Å²) in [6, 6.07) is 22.0. The van der Waals surface area contributed by atoms with Crippen LogP contribution in [-0.2, 0) is 35.8 Å². The second-order valence-corrected chi connectivity index (χ2v) is 14.3. The van der Waals surface area contributed by atoms with E-state index in [4.69, 9.17) is 16.3 Å². The third kappa shape index (κ3) is 5.70. The second-order valence-electron chi connectivity index (χ2n) is 10.0. The fourth-order valence-corrected chi connectivity index (χ4v) is 9.54. The first-order valence-corrected chi connectivity index (χ1v) is 16.4. The van der Waals surface area contributed by atoms with Crippen molar-refractivity contribution in [3.05, 3.63) is 117 Å². The molecule has 5 rings (SSSR count). The molecular formula is C30H29ClN2O6S2. The Bertz CT molecular complexity index is 1780. The Balaban J connectivity index is 1.52. The molecule has 8 nitrogen and oxygen atoms in total. The standard InChI is InChI=1S/C30H29ClN2O6S2/c1-20-27(30(34)39-17-16-33(2)18-21-10-4-3-5-11-21)28(22-12-6-7-13-23(22)31)29-24(32-20)19-40(35,36)25-14-8-9-15-26(25)41(29,37)38/h3-15,28,32H,16-19H2,1-2H3. The summed E-state index contributed by atoms with van der Waals surface area (Å²) in [5, 5.41) is 3.17. The van der Waals surface area contributed by atoms with E-state index in [2.05, 4.69) is 5.32 Å². The van der Waals surface area contributed by atoms with E-state index < -0.39 is 37.3 Å². The van der Waals surface area contributed by atoms with Crippen LogP contribution in [0, 0.1) is 0 Å². The van der Waals surface area contributed by atoms with Crippen molar-refractivity contribution in [1.29, 1.82) is 0 Å². The van der Waals surface area contributed by atoms with Gasteiger partial charge in [0.15, 0.2) is 9.84 Å². The zero-order valence-corrected chi connectivity index (χ0v) is 24.9. The van der Waals surface area contributed by atoms with Gasteiger partial charge < -0.3 is 10.1 Å². The number of sulfone groups is 2. The van der Waals surface area contributed by atoms with Crippen LogP contribution in [0.5, 0.6) is 0 Å². The van der Waals surface area contributed by atoms with E-state index >= 15 is 0 Å². The number of halogens is 1. The summed E-state index contributed by atoms with van der Waals surface area (Å²) in [6.07, 6.45) is 0. The summed E-state index contributed by atoms with van der Waals surface area (Å²) in [4.78, 5) is 14.8. The molecule has 0 saturated heterocycles. The van der Waals surface area contributed by atoms with E-state index in [1.165, 1.54) is 24.3 Å². The van der Waals surface area contributed by atoms with E-state index in [0.717, 1.165) is 5.56 Å². The van der Waals surface area contributed by atoms with E-state index in [-0.39, 0.29) is 37.6 Å². The largest absolute Gasteiger partial charge is 0.461 e. The van der Waals surface area contributed by atoms with Crippen molar-refractivity contribution in [3.63, 3.8) is 0 Å². The summed E-state index contributed by atoms with van der Waals surface area (Å²) >= 11 is 6.58. The molecule has 214 valence electrons. The Labute approximate surface area is 245 Å². The number of nitrogens with zero attached hydrogens (tertiary/aromatic N) is 1. The van der Waals surface area contributed by atoms with Crippen molar-refractivity contribution in [3.8, 4) is 0 Å². The van der Waals surface area contributed by atoms with Gasteiger partial charge in [0.05, 0.1) is 31.9 Å². The van der Waals surface area contributed by atoms with Crippen LogP contribution in [0.2, 0.25) is 5.02 Å². The maximum absolute atomic E-state index is 14.2. The van der Waals surface area contributed by atoms with Crippen LogP contribution in [0.3, 0.4) is 0 Å². The Kier molecular flexibility index (Phi) is 8.11. The molecule has 3 aromatic rings. The summed E-state index contributed by atoms with van der Waals surface area (Å²) in [6.45, 7) is 2.76. The normalized spacial score (nSPS) is 19.2. The van der Waals surface area contributed by atoms with Crippen LogP contribution in [-0.4, -0.2) is 53.7 Å². The molecule has 0 aliphatic carbocycles. The summed E-state index contributed by atoms with van der Waals surface area (Å²) in [5.74, 6) is -2.47. The average molecular weight is 613 g/mol. The van der Waals surface area contributed by atoms with E-state index in [0.29, 0.717) is 24.4 Å². The second kappa shape index (κ2) is 11.4. The fourth-order valence-electron chi connectivity index (χ4n) is 5.24. The lowest BCUT2D eigenvalue weighted by molar-refractivity contribution is -0.139. The number of fused-ring (bicyclic) bond motifs is 1. The van der Waals surface area contributed by atoms with Crippen LogP contribution < -0.4 is 5.32 Å². The highest BCUT2D eigenvalue weighted by Crippen LogP contribution is 2.47. The number of hydrogen-bond acceptors (Lipinski definition) is 8. The van der Waals surface area contributed by atoms with E-state index in [9.17, 15) is 21.6 Å². The van der Waals surface area contributed by atoms with Gasteiger partial charge in [-0.2, -0.15) is 0 Å². The molecule has 11 heteroatoms.